The third-order valence-electron chi connectivity index (χ3n) is 5.81. The van der Waals surface area contributed by atoms with Crippen LogP contribution in [-0.4, -0.2) is 45.3 Å². The van der Waals surface area contributed by atoms with Crippen molar-refractivity contribution in [3.05, 3.63) is 75.7 Å². The number of fused-ring (bicyclic) bond motifs is 2. The van der Waals surface area contributed by atoms with Crippen molar-refractivity contribution in [2.75, 3.05) is 25.7 Å². The van der Waals surface area contributed by atoms with Gasteiger partial charge < -0.3 is 14.4 Å². The fourth-order valence-electron chi connectivity index (χ4n) is 4.23. The van der Waals surface area contributed by atoms with E-state index in [0.717, 1.165) is 52.5 Å². The fraction of sp³-hybridized carbons (Fsp3) is 0.292. The number of ether oxygens (including phenoxy) is 2. The molecule has 4 aromatic rings. The van der Waals surface area contributed by atoms with Crippen LogP contribution >= 0.6 is 0 Å². The van der Waals surface area contributed by atoms with E-state index in [2.05, 4.69) is 26.0 Å². The largest absolute Gasteiger partial charge is 0.496 e. The lowest BCUT2D eigenvalue weighted by Crippen LogP contribution is -2.33. The summed E-state index contributed by atoms with van der Waals surface area (Å²) in [5.74, 6) is 1.52. The lowest BCUT2D eigenvalue weighted by atomic mass is 10.0. The van der Waals surface area contributed by atoms with Gasteiger partial charge in [0, 0.05) is 68.1 Å². The summed E-state index contributed by atoms with van der Waals surface area (Å²) in [6.07, 6.45) is 6.16. The maximum Gasteiger partial charge on any atom is 0.274 e. The highest BCUT2D eigenvalue weighted by Gasteiger charge is 2.22. The number of rotatable bonds is 5. The SMILES string of the molecule is COCc1cc(=O)n2nc(N3CCc4ncc(-c5cnccc5OC)cc4C3)c(C)cc2n1. The first-order valence-corrected chi connectivity index (χ1v) is 10.7. The van der Waals surface area contributed by atoms with Crippen LogP contribution in [0.3, 0.4) is 0 Å². The van der Waals surface area contributed by atoms with Crippen LogP contribution in [0.4, 0.5) is 5.82 Å². The molecule has 168 valence electrons. The molecule has 0 amide bonds. The molecule has 0 atom stereocenters. The van der Waals surface area contributed by atoms with Gasteiger partial charge in [-0.2, -0.15) is 4.52 Å². The van der Waals surface area contributed by atoms with Crippen molar-refractivity contribution in [1.82, 2.24) is 24.6 Å². The number of methoxy groups -OCH3 is 2. The highest BCUT2D eigenvalue weighted by atomic mass is 16.5. The number of aryl methyl sites for hydroxylation is 1. The summed E-state index contributed by atoms with van der Waals surface area (Å²) >= 11 is 0. The Morgan fingerprint density at radius 3 is 2.85 bits per heavy atom. The minimum Gasteiger partial charge on any atom is -0.496 e. The molecule has 9 nitrogen and oxygen atoms in total. The zero-order valence-electron chi connectivity index (χ0n) is 18.8. The molecule has 5 heterocycles. The Morgan fingerprint density at radius 1 is 1.15 bits per heavy atom. The zero-order chi connectivity index (χ0) is 22.9. The molecule has 1 aliphatic rings. The molecule has 0 unspecified atom stereocenters. The van der Waals surface area contributed by atoms with Crippen molar-refractivity contribution in [1.29, 1.82) is 0 Å². The van der Waals surface area contributed by atoms with Gasteiger partial charge in [0.05, 0.1) is 19.4 Å². The van der Waals surface area contributed by atoms with Gasteiger partial charge in [-0.3, -0.25) is 14.8 Å². The Labute approximate surface area is 190 Å². The summed E-state index contributed by atoms with van der Waals surface area (Å²) in [6.45, 7) is 3.68. The molecule has 33 heavy (non-hydrogen) atoms. The Hall–Kier alpha value is -3.85. The Balaban J connectivity index is 1.51. The molecule has 0 saturated carbocycles. The van der Waals surface area contributed by atoms with Gasteiger partial charge in [0.1, 0.15) is 5.75 Å². The third kappa shape index (κ3) is 3.91. The van der Waals surface area contributed by atoms with Crippen LogP contribution in [0.1, 0.15) is 22.5 Å². The quantitative estimate of drug-likeness (QED) is 0.464. The average Bonchev–Trinajstić information content (AvgIpc) is 2.83. The van der Waals surface area contributed by atoms with Gasteiger partial charge in [-0.15, -0.1) is 5.10 Å². The number of hydrogen-bond acceptors (Lipinski definition) is 8. The highest BCUT2D eigenvalue weighted by Crippen LogP contribution is 2.32. The van der Waals surface area contributed by atoms with Crippen molar-refractivity contribution >= 4 is 11.5 Å². The second-order valence-corrected chi connectivity index (χ2v) is 8.02. The Bertz CT molecular complexity index is 1400. The second-order valence-electron chi connectivity index (χ2n) is 8.02. The number of nitrogens with zero attached hydrogens (tertiary/aromatic N) is 6. The summed E-state index contributed by atoms with van der Waals surface area (Å²) in [5, 5.41) is 4.66. The fourth-order valence-corrected chi connectivity index (χ4v) is 4.23. The molecule has 0 fully saturated rings. The maximum atomic E-state index is 12.6. The van der Waals surface area contributed by atoms with E-state index < -0.39 is 0 Å². The van der Waals surface area contributed by atoms with Crippen LogP contribution in [0, 0.1) is 6.92 Å². The van der Waals surface area contributed by atoms with Gasteiger partial charge in [-0.1, -0.05) is 0 Å². The third-order valence-corrected chi connectivity index (χ3v) is 5.81. The minimum atomic E-state index is -0.224. The van der Waals surface area contributed by atoms with E-state index in [9.17, 15) is 4.79 Å². The molecule has 0 N–H and O–H groups in total. The first-order chi connectivity index (χ1) is 16.1. The predicted molar refractivity (Wildman–Crippen MR) is 123 cm³/mol. The van der Waals surface area contributed by atoms with E-state index in [4.69, 9.17) is 14.5 Å². The van der Waals surface area contributed by atoms with Gasteiger partial charge >= 0.3 is 0 Å². The first kappa shape index (κ1) is 21.0. The summed E-state index contributed by atoms with van der Waals surface area (Å²) in [7, 11) is 3.23. The van der Waals surface area contributed by atoms with Gasteiger partial charge in [0.25, 0.3) is 5.56 Å². The van der Waals surface area contributed by atoms with E-state index in [0.29, 0.717) is 17.9 Å². The van der Waals surface area contributed by atoms with Crippen LogP contribution in [0.15, 0.2) is 47.7 Å². The van der Waals surface area contributed by atoms with E-state index >= 15 is 0 Å². The molecular formula is C24H24N6O3. The molecular weight excluding hydrogens is 420 g/mol. The van der Waals surface area contributed by atoms with E-state index in [1.54, 1.807) is 26.6 Å². The lowest BCUT2D eigenvalue weighted by molar-refractivity contribution is 0.181. The van der Waals surface area contributed by atoms with Crippen LogP contribution in [0.2, 0.25) is 0 Å². The van der Waals surface area contributed by atoms with Crippen LogP contribution in [0.5, 0.6) is 5.75 Å². The number of aromatic nitrogens is 5. The zero-order valence-corrected chi connectivity index (χ0v) is 18.8. The van der Waals surface area contributed by atoms with E-state index in [-0.39, 0.29) is 12.2 Å². The molecule has 9 heteroatoms. The van der Waals surface area contributed by atoms with Crippen LogP contribution in [0.25, 0.3) is 16.8 Å². The lowest BCUT2D eigenvalue weighted by Gasteiger charge is -2.30. The van der Waals surface area contributed by atoms with Crippen molar-refractivity contribution in [2.24, 2.45) is 0 Å². The average molecular weight is 444 g/mol. The van der Waals surface area contributed by atoms with E-state index in [1.807, 2.05) is 25.3 Å². The Kier molecular flexibility index (Phi) is 5.47. The first-order valence-electron chi connectivity index (χ1n) is 10.7. The second kappa shape index (κ2) is 8.59. The highest BCUT2D eigenvalue weighted by molar-refractivity contribution is 5.69. The topological polar surface area (TPSA) is 94.7 Å². The molecule has 1 aliphatic heterocycles. The summed E-state index contributed by atoms with van der Waals surface area (Å²) < 4.78 is 12.0. The smallest absolute Gasteiger partial charge is 0.274 e. The van der Waals surface area contributed by atoms with Crippen molar-refractivity contribution in [2.45, 2.75) is 26.5 Å². The van der Waals surface area contributed by atoms with Gasteiger partial charge in [-0.25, -0.2) is 4.98 Å². The summed E-state index contributed by atoms with van der Waals surface area (Å²) in [5.41, 5.74) is 5.88. The number of pyridine rings is 2. The van der Waals surface area contributed by atoms with Crippen molar-refractivity contribution < 1.29 is 9.47 Å². The standard InChI is InChI=1S/C24H24N6O3/c1-15-8-22-27-18(14-32-2)10-23(31)30(22)28-24(15)29-7-5-20-17(13-29)9-16(11-26-20)19-12-25-6-4-21(19)33-3/h4,6,8-12H,5,7,13-14H2,1-3H3. The molecule has 0 aromatic carbocycles. The predicted octanol–water partition coefficient (Wildman–Crippen LogP) is 2.57. The van der Waals surface area contributed by atoms with Gasteiger partial charge in [0.2, 0.25) is 0 Å². The number of anilines is 1. The minimum absolute atomic E-state index is 0.224. The molecule has 5 rings (SSSR count). The molecule has 0 bridgehead atoms. The number of hydrogen-bond donors (Lipinski definition) is 0. The molecule has 0 radical (unpaired) electrons. The normalized spacial score (nSPS) is 13.2. The molecule has 0 aliphatic carbocycles. The summed E-state index contributed by atoms with van der Waals surface area (Å²) in [4.78, 5) is 28.3. The molecule has 4 aromatic heterocycles. The van der Waals surface area contributed by atoms with Gasteiger partial charge in [-0.05, 0) is 36.2 Å². The monoisotopic (exact) mass is 444 g/mol. The maximum absolute atomic E-state index is 12.6. The van der Waals surface area contributed by atoms with Crippen molar-refractivity contribution in [3.63, 3.8) is 0 Å². The van der Waals surface area contributed by atoms with Crippen LogP contribution in [-0.2, 0) is 24.3 Å². The van der Waals surface area contributed by atoms with Crippen molar-refractivity contribution in [3.8, 4) is 16.9 Å². The van der Waals surface area contributed by atoms with E-state index in [1.165, 1.54) is 10.6 Å². The Morgan fingerprint density at radius 2 is 2.03 bits per heavy atom. The van der Waals surface area contributed by atoms with Crippen LogP contribution < -0.4 is 15.2 Å². The van der Waals surface area contributed by atoms with Gasteiger partial charge in [0.15, 0.2) is 11.5 Å². The summed E-state index contributed by atoms with van der Waals surface area (Å²) in [6, 6.07) is 7.33. The molecule has 0 spiro atoms. The molecule has 0 saturated heterocycles.